The average molecular weight is 460 g/mol. The van der Waals surface area contributed by atoms with Gasteiger partial charge in [-0.05, 0) is 36.3 Å². The topological polar surface area (TPSA) is 83.5 Å². The molecule has 2 aromatic rings. The molecule has 0 fully saturated rings. The van der Waals surface area contributed by atoms with Crippen LogP contribution in [0, 0.1) is 0 Å². The van der Waals surface area contributed by atoms with Crippen molar-refractivity contribution in [3.05, 3.63) is 72.1 Å². The number of nitrogens with zero attached hydrogens (tertiary/aromatic N) is 1. The quantitative estimate of drug-likeness (QED) is 0.196. The summed E-state index contributed by atoms with van der Waals surface area (Å²) in [7, 11) is 1.36. The van der Waals surface area contributed by atoms with Gasteiger partial charge < -0.3 is 20.5 Å². The number of ether oxygens (including phenoxy) is 1. The Hall–Kier alpha value is -2.67. The Kier molecular flexibility index (Phi) is 13.7. The molecule has 1 aromatic carbocycles. The van der Waals surface area contributed by atoms with Gasteiger partial charge in [-0.25, -0.2) is 4.79 Å². The summed E-state index contributed by atoms with van der Waals surface area (Å²) in [6.07, 6.45) is 8.21. The van der Waals surface area contributed by atoms with Crippen LogP contribution in [0.1, 0.15) is 31.1 Å². The number of carbonyl (C=O) groups is 1. The van der Waals surface area contributed by atoms with Crippen LogP contribution in [0.25, 0.3) is 11.1 Å². The van der Waals surface area contributed by atoms with Crippen LogP contribution in [-0.2, 0) is 4.74 Å². The predicted octanol–water partition coefficient (Wildman–Crippen LogP) is 4.67. The smallest absolute Gasteiger partial charge is 0.338 e. The third-order valence-corrected chi connectivity index (χ3v) is 4.66. The van der Waals surface area contributed by atoms with E-state index in [1.807, 2.05) is 63.3 Å². The van der Waals surface area contributed by atoms with E-state index in [-0.39, 0.29) is 0 Å². The maximum Gasteiger partial charge on any atom is 0.338 e. The van der Waals surface area contributed by atoms with Gasteiger partial charge in [0.2, 0.25) is 0 Å². The van der Waals surface area contributed by atoms with Gasteiger partial charge in [0.25, 0.3) is 0 Å². The summed E-state index contributed by atoms with van der Waals surface area (Å²) >= 11 is 5.58. The van der Waals surface area contributed by atoms with Crippen LogP contribution in [0.5, 0.6) is 0 Å². The molecule has 3 N–H and O–H groups in total. The van der Waals surface area contributed by atoms with Crippen LogP contribution in [0.3, 0.4) is 0 Å². The van der Waals surface area contributed by atoms with Gasteiger partial charge in [-0.1, -0.05) is 44.2 Å². The highest BCUT2D eigenvalue weighted by Crippen LogP contribution is 2.25. The molecule has 174 valence electrons. The molecule has 0 aliphatic heterocycles. The monoisotopic (exact) mass is 459 g/mol. The minimum atomic E-state index is -0.546. The van der Waals surface area contributed by atoms with Crippen molar-refractivity contribution in [2.24, 2.45) is 0 Å². The lowest BCUT2D eigenvalue weighted by Crippen LogP contribution is -2.31. The van der Waals surface area contributed by atoms with Gasteiger partial charge in [-0.15, -0.1) is 11.6 Å². The first-order chi connectivity index (χ1) is 15.6. The molecule has 0 bridgehead atoms. The highest BCUT2D eigenvalue weighted by atomic mass is 35.5. The Morgan fingerprint density at radius 3 is 2.78 bits per heavy atom. The fourth-order valence-electron chi connectivity index (χ4n) is 2.79. The molecule has 0 amide bonds. The number of nitrogens with one attached hydrogen (secondary N) is 2. The summed E-state index contributed by atoms with van der Waals surface area (Å²) in [6.45, 7) is 7.72. The summed E-state index contributed by atoms with van der Waals surface area (Å²) in [5.74, 6) is 0.0616. The first-order valence-corrected chi connectivity index (χ1v) is 11.2. The summed E-state index contributed by atoms with van der Waals surface area (Å²) in [6, 6.07) is 9.43. The van der Waals surface area contributed by atoms with Crippen molar-refractivity contribution in [2.45, 2.75) is 26.9 Å². The molecule has 0 radical (unpaired) electrons. The van der Waals surface area contributed by atoms with Crippen LogP contribution in [0.4, 0.5) is 5.69 Å². The van der Waals surface area contributed by atoms with E-state index < -0.39 is 12.1 Å². The van der Waals surface area contributed by atoms with Crippen LogP contribution >= 0.6 is 11.6 Å². The summed E-state index contributed by atoms with van der Waals surface area (Å²) < 4.78 is 4.86. The molecule has 7 heteroatoms. The number of aliphatic hydroxyl groups is 1. The maximum absolute atomic E-state index is 12.0. The standard InChI is InChI=1S/C23H28ClN3O3.C2H6/c1-17(6-3-4-10-24)22(28)16-26-12-13-27-19-8-5-7-18(14-19)21-15-25-11-9-20(21)23(29)30-2;1-2/h3-9,11,14-15,22,26-28H,10,12-13,16H2,1-2H3;1-2H3/b4-3-,17-6+;. The molecule has 2 rings (SSSR count). The Morgan fingerprint density at radius 2 is 2.06 bits per heavy atom. The van der Waals surface area contributed by atoms with Crippen molar-refractivity contribution in [3.63, 3.8) is 0 Å². The van der Waals surface area contributed by atoms with Crippen molar-refractivity contribution in [3.8, 4) is 11.1 Å². The Labute approximate surface area is 196 Å². The molecule has 0 spiro atoms. The first kappa shape index (κ1) is 27.4. The number of halogens is 1. The van der Waals surface area contributed by atoms with E-state index >= 15 is 0 Å². The average Bonchev–Trinajstić information content (AvgIpc) is 2.84. The SMILES string of the molecule is CC.COC(=O)c1ccncc1-c1cccc(NCCNCC(O)/C(C)=C/C=C\CCl)c1. The van der Waals surface area contributed by atoms with E-state index in [2.05, 4.69) is 15.6 Å². The zero-order chi connectivity index (χ0) is 23.8. The van der Waals surface area contributed by atoms with Gasteiger partial charge >= 0.3 is 5.97 Å². The molecule has 6 nitrogen and oxygen atoms in total. The molecule has 1 heterocycles. The van der Waals surface area contributed by atoms with Crippen LogP contribution in [0.2, 0.25) is 0 Å². The maximum atomic E-state index is 12.0. The Bertz CT molecular complexity index is 884. The summed E-state index contributed by atoms with van der Waals surface area (Å²) in [5.41, 5.74) is 3.88. The number of aromatic nitrogens is 1. The predicted molar refractivity (Wildman–Crippen MR) is 133 cm³/mol. The van der Waals surface area contributed by atoms with Crippen molar-refractivity contribution in [1.82, 2.24) is 10.3 Å². The molecule has 0 saturated carbocycles. The molecule has 0 aliphatic carbocycles. The minimum Gasteiger partial charge on any atom is -0.465 e. The Balaban J connectivity index is 0.00000249. The number of esters is 1. The third kappa shape index (κ3) is 9.22. The molecule has 1 atom stereocenters. The van der Waals surface area contributed by atoms with Crippen LogP contribution < -0.4 is 10.6 Å². The largest absolute Gasteiger partial charge is 0.465 e. The van der Waals surface area contributed by atoms with Gasteiger partial charge in [0.1, 0.15) is 0 Å². The number of allylic oxidation sites excluding steroid dienone is 3. The van der Waals surface area contributed by atoms with Crippen molar-refractivity contribution >= 4 is 23.3 Å². The fourth-order valence-corrected chi connectivity index (χ4v) is 2.89. The molecule has 32 heavy (non-hydrogen) atoms. The van der Waals surface area contributed by atoms with Gasteiger partial charge in [0.15, 0.2) is 0 Å². The van der Waals surface area contributed by atoms with Crippen molar-refractivity contribution in [1.29, 1.82) is 0 Å². The number of hydrogen-bond donors (Lipinski definition) is 3. The molecule has 1 aromatic heterocycles. The number of benzene rings is 1. The number of pyridine rings is 1. The zero-order valence-electron chi connectivity index (χ0n) is 19.3. The molecular formula is C25H34ClN3O3. The highest BCUT2D eigenvalue weighted by molar-refractivity contribution is 6.18. The Morgan fingerprint density at radius 1 is 1.28 bits per heavy atom. The second-order valence-electron chi connectivity index (χ2n) is 6.63. The second-order valence-corrected chi connectivity index (χ2v) is 6.94. The van der Waals surface area contributed by atoms with E-state index in [1.165, 1.54) is 7.11 Å². The lowest BCUT2D eigenvalue weighted by Gasteiger charge is -2.13. The highest BCUT2D eigenvalue weighted by Gasteiger charge is 2.13. The van der Waals surface area contributed by atoms with E-state index in [9.17, 15) is 9.90 Å². The number of hydrogen-bond acceptors (Lipinski definition) is 6. The summed E-state index contributed by atoms with van der Waals surface area (Å²) in [4.78, 5) is 16.1. The number of methoxy groups -OCH3 is 1. The third-order valence-electron chi connectivity index (χ3n) is 4.48. The van der Waals surface area contributed by atoms with Crippen LogP contribution in [0.15, 0.2) is 66.5 Å². The lowest BCUT2D eigenvalue weighted by molar-refractivity contribution is 0.0601. The van der Waals surface area contributed by atoms with Gasteiger partial charge in [0, 0.05) is 49.2 Å². The second kappa shape index (κ2) is 16.0. The minimum absolute atomic E-state index is 0.393. The number of alkyl halides is 1. The van der Waals surface area contributed by atoms with Gasteiger partial charge in [-0.2, -0.15) is 0 Å². The number of aliphatic hydroxyl groups excluding tert-OH is 1. The van der Waals surface area contributed by atoms with E-state index in [1.54, 1.807) is 18.5 Å². The first-order valence-electron chi connectivity index (χ1n) is 10.7. The van der Waals surface area contributed by atoms with E-state index in [0.717, 1.165) is 22.4 Å². The normalized spacial score (nSPS) is 12.1. The number of anilines is 1. The van der Waals surface area contributed by atoms with E-state index in [4.69, 9.17) is 16.3 Å². The summed E-state index contributed by atoms with van der Waals surface area (Å²) in [5, 5.41) is 16.7. The van der Waals surface area contributed by atoms with Crippen molar-refractivity contribution in [2.75, 3.05) is 37.9 Å². The van der Waals surface area contributed by atoms with Gasteiger partial charge in [-0.3, -0.25) is 4.98 Å². The van der Waals surface area contributed by atoms with Crippen molar-refractivity contribution < 1.29 is 14.6 Å². The number of carbonyl (C=O) groups excluding carboxylic acids is 1. The van der Waals surface area contributed by atoms with Gasteiger partial charge in [0.05, 0.1) is 18.8 Å². The lowest BCUT2D eigenvalue weighted by atomic mass is 10.0. The zero-order valence-corrected chi connectivity index (χ0v) is 20.0. The molecule has 1 unspecified atom stereocenters. The molecular weight excluding hydrogens is 426 g/mol. The molecule has 0 aliphatic rings. The fraction of sp³-hybridized carbons (Fsp3) is 0.360. The van der Waals surface area contributed by atoms with E-state index in [0.29, 0.717) is 31.1 Å². The van der Waals surface area contributed by atoms with Crippen LogP contribution in [-0.4, -0.2) is 54.8 Å². The molecule has 0 saturated heterocycles. The number of rotatable bonds is 11.